The van der Waals surface area contributed by atoms with Crippen molar-refractivity contribution in [3.8, 4) is 0 Å². The molecule has 2 fully saturated rings. The molecule has 0 spiro atoms. The average Bonchev–Trinajstić information content (AvgIpc) is 3.23. The third-order valence-electron chi connectivity index (χ3n) is 3.65. The van der Waals surface area contributed by atoms with E-state index in [-0.39, 0.29) is 5.91 Å². The molecule has 1 amide bonds. The maximum atomic E-state index is 12.2. The van der Waals surface area contributed by atoms with Gasteiger partial charge in [-0.2, -0.15) is 0 Å². The molecule has 1 aromatic heterocycles. The van der Waals surface area contributed by atoms with Gasteiger partial charge in [0.25, 0.3) is 5.91 Å². The molecule has 1 aromatic rings. The van der Waals surface area contributed by atoms with Crippen molar-refractivity contribution in [1.29, 1.82) is 0 Å². The van der Waals surface area contributed by atoms with Crippen LogP contribution in [0.15, 0.2) is 23.5 Å². The molecule has 1 aliphatic heterocycles. The van der Waals surface area contributed by atoms with Crippen LogP contribution in [0, 0.1) is 6.92 Å². The highest BCUT2D eigenvalue weighted by Crippen LogP contribution is 2.36. The molecule has 4 nitrogen and oxygen atoms in total. The SMILES string of the molecule is Cc1cnc(C(=O)N2CCC(=C3CC3)CC2)cn1. The van der Waals surface area contributed by atoms with Crippen LogP contribution in [0.4, 0.5) is 0 Å². The molecular weight excluding hydrogens is 226 g/mol. The second-order valence-electron chi connectivity index (χ2n) is 5.04. The smallest absolute Gasteiger partial charge is 0.274 e. The maximum absolute atomic E-state index is 12.2. The summed E-state index contributed by atoms with van der Waals surface area (Å²) in [5, 5.41) is 0. The molecule has 0 radical (unpaired) electrons. The zero-order valence-electron chi connectivity index (χ0n) is 10.6. The Kier molecular flexibility index (Phi) is 2.86. The van der Waals surface area contributed by atoms with Crippen molar-refractivity contribution in [2.45, 2.75) is 32.6 Å². The number of carbonyl (C=O) groups is 1. The molecule has 0 atom stereocenters. The molecule has 0 bridgehead atoms. The zero-order chi connectivity index (χ0) is 12.5. The second-order valence-corrected chi connectivity index (χ2v) is 5.04. The molecule has 2 heterocycles. The van der Waals surface area contributed by atoms with Gasteiger partial charge in [0.2, 0.25) is 0 Å². The quantitative estimate of drug-likeness (QED) is 0.710. The fourth-order valence-corrected chi connectivity index (χ4v) is 2.41. The minimum Gasteiger partial charge on any atom is -0.337 e. The molecule has 4 heteroatoms. The van der Waals surface area contributed by atoms with Crippen LogP contribution in [-0.2, 0) is 0 Å². The van der Waals surface area contributed by atoms with Gasteiger partial charge in [-0.1, -0.05) is 11.1 Å². The predicted octanol–water partition coefficient (Wildman–Crippen LogP) is 2.11. The van der Waals surface area contributed by atoms with E-state index < -0.39 is 0 Å². The van der Waals surface area contributed by atoms with Crippen molar-refractivity contribution >= 4 is 5.91 Å². The van der Waals surface area contributed by atoms with Gasteiger partial charge in [0.15, 0.2) is 0 Å². The predicted molar refractivity (Wildman–Crippen MR) is 68.2 cm³/mol. The molecule has 18 heavy (non-hydrogen) atoms. The highest BCUT2D eigenvalue weighted by Gasteiger charge is 2.25. The van der Waals surface area contributed by atoms with E-state index in [1.165, 1.54) is 12.8 Å². The first-order valence-corrected chi connectivity index (χ1v) is 6.52. The van der Waals surface area contributed by atoms with Crippen LogP contribution >= 0.6 is 0 Å². The molecular formula is C14H17N3O. The number of amides is 1. The molecule has 1 saturated carbocycles. The first-order chi connectivity index (χ1) is 8.74. The number of aromatic nitrogens is 2. The number of allylic oxidation sites excluding steroid dienone is 1. The number of hydrogen-bond donors (Lipinski definition) is 0. The van der Waals surface area contributed by atoms with E-state index >= 15 is 0 Å². The summed E-state index contributed by atoms with van der Waals surface area (Å²) in [7, 11) is 0. The summed E-state index contributed by atoms with van der Waals surface area (Å²) in [6.07, 6.45) is 7.88. The van der Waals surface area contributed by atoms with Gasteiger partial charge in [0, 0.05) is 19.3 Å². The monoisotopic (exact) mass is 243 g/mol. The molecule has 1 aliphatic carbocycles. The third-order valence-corrected chi connectivity index (χ3v) is 3.65. The van der Waals surface area contributed by atoms with E-state index in [4.69, 9.17) is 0 Å². The molecule has 0 aromatic carbocycles. The van der Waals surface area contributed by atoms with Gasteiger partial charge in [-0.15, -0.1) is 0 Å². The van der Waals surface area contributed by atoms with E-state index in [1.807, 2.05) is 11.8 Å². The van der Waals surface area contributed by atoms with Crippen LogP contribution in [0.5, 0.6) is 0 Å². The Labute approximate surface area is 107 Å². The highest BCUT2D eigenvalue weighted by molar-refractivity contribution is 5.92. The molecule has 1 saturated heterocycles. The summed E-state index contributed by atoms with van der Waals surface area (Å²) in [5.41, 5.74) is 4.53. The van der Waals surface area contributed by atoms with Crippen molar-refractivity contribution in [3.05, 3.63) is 34.9 Å². The second kappa shape index (κ2) is 4.52. The zero-order valence-corrected chi connectivity index (χ0v) is 10.6. The van der Waals surface area contributed by atoms with Crippen LogP contribution in [0.25, 0.3) is 0 Å². The van der Waals surface area contributed by atoms with Crippen LogP contribution in [-0.4, -0.2) is 33.9 Å². The van der Waals surface area contributed by atoms with Crippen molar-refractivity contribution in [2.75, 3.05) is 13.1 Å². The van der Waals surface area contributed by atoms with Crippen LogP contribution in [0.3, 0.4) is 0 Å². The number of rotatable bonds is 1. The Balaban J connectivity index is 1.67. The van der Waals surface area contributed by atoms with Crippen molar-refractivity contribution in [3.63, 3.8) is 0 Å². The van der Waals surface area contributed by atoms with Crippen LogP contribution in [0.2, 0.25) is 0 Å². The lowest BCUT2D eigenvalue weighted by atomic mass is 10.0. The lowest BCUT2D eigenvalue weighted by molar-refractivity contribution is 0.0737. The van der Waals surface area contributed by atoms with Gasteiger partial charge in [0.05, 0.1) is 11.9 Å². The molecule has 3 rings (SSSR count). The first kappa shape index (κ1) is 11.4. The van der Waals surface area contributed by atoms with E-state index in [2.05, 4.69) is 9.97 Å². The van der Waals surface area contributed by atoms with Crippen LogP contribution in [0.1, 0.15) is 41.9 Å². The fourth-order valence-electron chi connectivity index (χ4n) is 2.41. The minimum atomic E-state index is 0.0161. The van der Waals surface area contributed by atoms with Gasteiger partial charge >= 0.3 is 0 Å². The molecule has 0 unspecified atom stereocenters. The summed E-state index contributed by atoms with van der Waals surface area (Å²) < 4.78 is 0. The summed E-state index contributed by atoms with van der Waals surface area (Å²) in [6.45, 7) is 3.52. The van der Waals surface area contributed by atoms with Crippen LogP contribution < -0.4 is 0 Å². The van der Waals surface area contributed by atoms with Crippen molar-refractivity contribution in [2.24, 2.45) is 0 Å². The number of carbonyl (C=O) groups excluding carboxylic acids is 1. The Bertz CT molecular complexity index is 488. The molecule has 2 aliphatic rings. The van der Waals surface area contributed by atoms with Gasteiger partial charge < -0.3 is 4.90 Å². The van der Waals surface area contributed by atoms with Crippen molar-refractivity contribution in [1.82, 2.24) is 14.9 Å². The van der Waals surface area contributed by atoms with E-state index in [0.29, 0.717) is 5.69 Å². The Morgan fingerprint density at radius 1 is 1.06 bits per heavy atom. The number of piperidine rings is 1. The number of likely N-dealkylation sites (tertiary alicyclic amines) is 1. The summed E-state index contributed by atoms with van der Waals surface area (Å²) in [6, 6.07) is 0. The summed E-state index contributed by atoms with van der Waals surface area (Å²) in [4.78, 5) is 22.4. The van der Waals surface area contributed by atoms with Crippen molar-refractivity contribution < 1.29 is 4.79 Å². The Morgan fingerprint density at radius 2 is 1.72 bits per heavy atom. The van der Waals surface area contributed by atoms with Gasteiger partial charge in [0.1, 0.15) is 5.69 Å². The van der Waals surface area contributed by atoms with E-state index in [0.717, 1.165) is 31.6 Å². The number of aryl methyl sites for hydroxylation is 1. The van der Waals surface area contributed by atoms with E-state index in [1.54, 1.807) is 23.5 Å². The third kappa shape index (κ3) is 2.28. The first-order valence-electron chi connectivity index (χ1n) is 6.52. The molecule has 0 N–H and O–H groups in total. The molecule has 94 valence electrons. The van der Waals surface area contributed by atoms with Gasteiger partial charge in [-0.25, -0.2) is 4.98 Å². The standard InChI is InChI=1S/C14H17N3O/c1-10-8-16-13(9-15-10)14(18)17-6-4-12(5-7-17)11-2-3-11/h8-9H,2-7H2,1H3. The highest BCUT2D eigenvalue weighted by atomic mass is 16.2. The number of nitrogens with zero attached hydrogens (tertiary/aromatic N) is 3. The minimum absolute atomic E-state index is 0.0161. The largest absolute Gasteiger partial charge is 0.337 e. The Hall–Kier alpha value is -1.71. The maximum Gasteiger partial charge on any atom is 0.274 e. The van der Waals surface area contributed by atoms with E-state index in [9.17, 15) is 4.79 Å². The van der Waals surface area contributed by atoms with Gasteiger partial charge in [-0.3, -0.25) is 9.78 Å². The van der Waals surface area contributed by atoms with Gasteiger partial charge in [-0.05, 0) is 32.6 Å². The average molecular weight is 243 g/mol. The fraction of sp³-hybridized carbons (Fsp3) is 0.500. The summed E-state index contributed by atoms with van der Waals surface area (Å²) in [5.74, 6) is 0.0161. The Morgan fingerprint density at radius 3 is 2.28 bits per heavy atom. The summed E-state index contributed by atoms with van der Waals surface area (Å²) >= 11 is 0. The lowest BCUT2D eigenvalue weighted by Gasteiger charge is -2.28. The normalized spacial score (nSPS) is 19.1. The number of hydrogen-bond acceptors (Lipinski definition) is 3. The topological polar surface area (TPSA) is 46.1 Å². The lowest BCUT2D eigenvalue weighted by Crippen LogP contribution is -2.36.